The number of nitrogens with one attached hydrogen (secondary N) is 1. The maximum atomic E-state index is 12.4. The van der Waals surface area contributed by atoms with Gasteiger partial charge in [-0.1, -0.05) is 11.6 Å². The maximum Gasteiger partial charge on any atom is 0.240 e. The zero-order valence-corrected chi connectivity index (χ0v) is 13.3. The van der Waals surface area contributed by atoms with Crippen LogP contribution < -0.4 is 10.5 Å². The molecule has 0 aliphatic carbocycles. The molecule has 5 nitrogen and oxygen atoms in total. The van der Waals surface area contributed by atoms with Crippen LogP contribution in [0.5, 0.6) is 0 Å². The van der Waals surface area contributed by atoms with E-state index in [1.54, 1.807) is 13.0 Å². The number of nitrogens with zero attached hydrogens (tertiary/aromatic N) is 1. The molecule has 20 heavy (non-hydrogen) atoms. The highest BCUT2D eigenvalue weighted by Gasteiger charge is 2.24. The molecule has 1 aliphatic heterocycles. The monoisotopic (exact) mass is 317 g/mol. The summed E-state index contributed by atoms with van der Waals surface area (Å²) < 4.78 is 27.5. The van der Waals surface area contributed by atoms with Crippen molar-refractivity contribution in [1.82, 2.24) is 9.62 Å². The van der Waals surface area contributed by atoms with Crippen LogP contribution in [0.4, 0.5) is 5.69 Å². The second-order valence-electron chi connectivity index (χ2n) is 5.34. The molecule has 1 heterocycles. The third-order valence-corrected chi connectivity index (χ3v) is 5.62. The number of aryl methyl sites for hydroxylation is 1. The van der Waals surface area contributed by atoms with Crippen LogP contribution >= 0.6 is 11.6 Å². The number of likely N-dealkylation sites (tertiary alicyclic amines) is 1. The van der Waals surface area contributed by atoms with Gasteiger partial charge in [-0.3, -0.25) is 0 Å². The average Bonchev–Trinajstić information content (AvgIpc) is 2.38. The number of piperidine rings is 1. The topological polar surface area (TPSA) is 75.4 Å². The van der Waals surface area contributed by atoms with Gasteiger partial charge in [-0.2, -0.15) is 0 Å². The molecule has 1 fully saturated rings. The van der Waals surface area contributed by atoms with Crippen molar-refractivity contribution in [3.63, 3.8) is 0 Å². The molecule has 1 aliphatic rings. The second kappa shape index (κ2) is 5.89. The molecular formula is C13H20ClN3O2S. The highest BCUT2D eigenvalue weighted by molar-refractivity contribution is 7.89. The van der Waals surface area contributed by atoms with Crippen LogP contribution in [-0.2, 0) is 10.0 Å². The number of nitrogen functional groups attached to an aromatic ring is 1. The van der Waals surface area contributed by atoms with Gasteiger partial charge >= 0.3 is 0 Å². The van der Waals surface area contributed by atoms with Crippen molar-refractivity contribution >= 4 is 27.3 Å². The minimum absolute atomic E-state index is 0.0200. The summed E-state index contributed by atoms with van der Waals surface area (Å²) in [5.41, 5.74) is 6.69. The number of benzene rings is 1. The molecule has 0 aromatic heterocycles. The first-order chi connectivity index (χ1) is 9.29. The maximum absolute atomic E-state index is 12.4. The van der Waals surface area contributed by atoms with Gasteiger partial charge in [-0.15, -0.1) is 0 Å². The standard InChI is InChI=1S/C13H20ClN3O2S/c1-9-7-11(8-12(15)13(9)14)20(18,19)16-10-3-5-17(2)6-4-10/h7-8,10,16H,3-6,15H2,1-2H3. The Morgan fingerprint density at radius 3 is 2.50 bits per heavy atom. The summed E-state index contributed by atoms with van der Waals surface area (Å²) in [6.45, 7) is 3.54. The fraction of sp³-hybridized carbons (Fsp3) is 0.538. The van der Waals surface area contributed by atoms with Gasteiger partial charge in [0.2, 0.25) is 10.0 Å². The number of nitrogens with two attached hydrogens (primary N) is 1. The van der Waals surface area contributed by atoms with Crippen LogP contribution in [-0.4, -0.2) is 39.5 Å². The van der Waals surface area contributed by atoms with Gasteiger partial charge in [0.05, 0.1) is 15.6 Å². The van der Waals surface area contributed by atoms with E-state index in [4.69, 9.17) is 17.3 Å². The fourth-order valence-corrected chi connectivity index (χ4v) is 3.87. The summed E-state index contributed by atoms with van der Waals surface area (Å²) in [5, 5.41) is 0.406. The number of sulfonamides is 1. The SMILES string of the molecule is Cc1cc(S(=O)(=O)NC2CCN(C)CC2)cc(N)c1Cl. The number of anilines is 1. The number of hydrogen-bond donors (Lipinski definition) is 2. The summed E-state index contributed by atoms with van der Waals surface area (Å²) >= 11 is 5.96. The van der Waals surface area contributed by atoms with E-state index in [9.17, 15) is 8.42 Å². The quantitative estimate of drug-likeness (QED) is 0.830. The Morgan fingerprint density at radius 1 is 1.35 bits per heavy atom. The van der Waals surface area contributed by atoms with Crippen LogP contribution in [0.25, 0.3) is 0 Å². The average molecular weight is 318 g/mol. The molecular weight excluding hydrogens is 298 g/mol. The van der Waals surface area contributed by atoms with Crippen molar-refractivity contribution in [3.8, 4) is 0 Å². The van der Waals surface area contributed by atoms with Crippen molar-refractivity contribution in [2.45, 2.75) is 30.7 Å². The summed E-state index contributed by atoms with van der Waals surface area (Å²) in [7, 11) is -1.51. The molecule has 2 rings (SSSR count). The first kappa shape index (κ1) is 15.6. The Morgan fingerprint density at radius 2 is 1.95 bits per heavy atom. The zero-order chi connectivity index (χ0) is 14.9. The first-order valence-corrected chi connectivity index (χ1v) is 8.42. The Bertz CT molecular complexity index is 573. The molecule has 112 valence electrons. The van der Waals surface area contributed by atoms with Gasteiger partial charge < -0.3 is 10.6 Å². The molecule has 0 spiro atoms. The lowest BCUT2D eigenvalue weighted by molar-refractivity contribution is 0.248. The van der Waals surface area contributed by atoms with E-state index < -0.39 is 10.0 Å². The van der Waals surface area contributed by atoms with E-state index in [0.29, 0.717) is 10.6 Å². The summed E-state index contributed by atoms with van der Waals surface area (Å²) in [5.74, 6) is 0. The summed E-state index contributed by atoms with van der Waals surface area (Å²) in [6, 6.07) is 2.94. The van der Waals surface area contributed by atoms with Crippen molar-refractivity contribution in [2.24, 2.45) is 0 Å². The normalized spacial score (nSPS) is 18.4. The highest BCUT2D eigenvalue weighted by Crippen LogP contribution is 2.27. The number of hydrogen-bond acceptors (Lipinski definition) is 4. The molecule has 0 atom stereocenters. The van der Waals surface area contributed by atoms with Crippen molar-refractivity contribution in [2.75, 3.05) is 25.9 Å². The Labute approximate surface area is 125 Å². The number of rotatable bonds is 3. The molecule has 0 radical (unpaired) electrons. The van der Waals surface area contributed by atoms with Crippen LogP contribution in [0, 0.1) is 6.92 Å². The third kappa shape index (κ3) is 3.44. The van der Waals surface area contributed by atoms with E-state index in [1.807, 2.05) is 7.05 Å². The van der Waals surface area contributed by atoms with Gasteiger partial charge in [-0.05, 0) is 57.6 Å². The first-order valence-electron chi connectivity index (χ1n) is 6.56. The van der Waals surface area contributed by atoms with Gasteiger partial charge in [0.25, 0.3) is 0 Å². The molecule has 1 aromatic carbocycles. The molecule has 1 aromatic rings. The molecule has 0 saturated carbocycles. The highest BCUT2D eigenvalue weighted by atomic mass is 35.5. The predicted molar refractivity (Wildman–Crippen MR) is 81.4 cm³/mol. The second-order valence-corrected chi connectivity index (χ2v) is 7.43. The number of halogens is 1. The van der Waals surface area contributed by atoms with Crippen LogP contribution in [0.1, 0.15) is 18.4 Å². The van der Waals surface area contributed by atoms with E-state index in [2.05, 4.69) is 9.62 Å². The van der Waals surface area contributed by atoms with Gasteiger partial charge in [-0.25, -0.2) is 13.1 Å². The van der Waals surface area contributed by atoms with Crippen molar-refractivity contribution < 1.29 is 8.42 Å². The molecule has 0 amide bonds. The van der Waals surface area contributed by atoms with Crippen LogP contribution in [0.15, 0.2) is 17.0 Å². The zero-order valence-electron chi connectivity index (χ0n) is 11.7. The predicted octanol–water partition coefficient (Wildman–Crippen LogP) is 1.60. The van der Waals surface area contributed by atoms with Crippen molar-refractivity contribution in [3.05, 3.63) is 22.7 Å². The minimum Gasteiger partial charge on any atom is -0.397 e. The lowest BCUT2D eigenvalue weighted by atomic mass is 10.1. The van der Waals surface area contributed by atoms with E-state index in [-0.39, 0.29) is 16.6 Å². The molecule has 1 saturated heterocycles. The van der Waals surface area contributed by atoms with Crippen molar-refractivity contribution in [1.29, 1.82) is 0 Å². The Kier molecular flexibility index (Phi) is 4.59. The van der Waals surface area contributed by atoms with Crippen LogP contribution in [0.2, 0.25) is 5.02 Å². The minimum atomic E-state index is -3.55. The lowest BCUT2D eigenvalue weighted by Gasteiger charge is -2.29. The molecule has 0 unspecified atom stereocenters. The molecule has 0 bridgehead atoms. The fourth-order valence-electron chi connectivity index (χ4n) is 2.33. The van der Waals surface area contributed by atoms with Gasteiger partial charge in [0, 0.05) is 6.04 Å². The smallest absolute Gasteiger partial charge is 0.240 e. The largest absolute Gasteiger partial charge is 0.397 e. The van der Waals surface area contributed by atoms with Crippen LogP contribution in [0.3, 0.4) is 0 Å². The Hall–Kier alpha value is -0.820. The molecule has 3 N–H and O–H groups in total. The summed E-state index contributed by atoms with van der Waals surface area (Å²) in [4.78, 5) is 2.37. The van der Waals surface area contributed by atoms with Gasteiger partial charge in [0.1, 0.15) is 0 Å². The van der Waals surface area contributed by atoms with E-state index >= 15 is 0 Å². The third-order valence-electron chi connectivity index (χ3n) is 3.61. The Balaban J connectivity index is 2.18. The van der Waals surface area contributed by atoms with Gasteiger partial charge in [0.15, 0.2) is 0 Å². The van der Waals surface area contributed by atoms with E-state index in [0.717, 1.165) is 25.9 Å². The summed E-state index contributed by atoms with van der Waals surface area (Å²) in [6.07, 6.45) is 1.63. The van der Waals surface area contributed by atoms with E-state index in [1.165, 1.54) is 6.07 Å². The lowest BCUT2D eigenvalue weighted by Crippen LogP contribution is -2.43. The molecule has 7 heteroatoms.